The Hall–Kier alpha value is -4.32. The molecular weight excluding hydrogens is 574 g/mol. The Balaban J connectivity index is 1.34. The van der Waals surface area contributed by atoms with Gasteiger partial charge in [-0.1, -0.05) is 48.0 Å². The van der Waals surface area contributed by atoms with Crippen molar-refractivity contribution in [3.05, 3.63) is 89.7 Å². The molecule has 1 atom stereocenters. The van der Waals surface area contributed by atoms with E-state index in [2.05, 4.69) is 30.5 Å². The molecular formula is C30H28ClN7O3S. The number of nitrogens with one attached hydrogen (secondary N) is 3. The van der Waals surface area contributed by atoms with Gasteiger partial charge in [0.15, 0.2) is 0 Å². The molecule has 1 saturated heterocycles. The van der Waals surface area contributed by atoms with Crippen LogP contribution in [0.2, 0.25) is 5.02 Å². The zero-order valence-corrected chi connectivity index (χ0v) is 24.3. The number of aromatic nitrogens is 4. The Labute approximate surface area is 248 Å². The Morgan fingerprint density at radius 2 is 1.88 bits per heavy atom. The zero-order valence-electron chi connectivity index (χ0n) is 22.7. The third-order valence-corrected chi connectivity index (χ3v) is 8.89. The first-order valence-corrected chi connectivity index (χ1v) is 15.3. The highest BCUT2D eigenvalue weighted by Crippen LogP contribution is 2.39. The number of sulfonamides is 1. The fraction of sp³-hybridized carbons (Fsp3) is 0.200. The predicted molar refractivity (Wildman–Crippen MR) is 164 cm³/mol. The topological polar surface area (TPSA) is 131 Å². The van der Waals surface area contributed by atoms with Crippen molar-refractivity contribution in [3.63, 3.8) is 0 Å². The Morgan fingerprint density at radius 1 is 1.00 bits per heavy atom. The lowest BCUT2D eigenvalue weighted by molar-refractivity contribution is 0.459. The molecule has 5 aromatic rings. The first kappa shape index (κ1) is 27.8. The molecule has 1 aliphatic heterocycles. The van der Waals surface area contributed by atoms with E-state index in [0.29, 0.717) is 39.4 Å². The van der Waals surface area contributed by atoms with Crippen molar-refractivity contribution in [1.29, 1.82) is 0 Å². The maximum atomic E-state index is 13.2. The van der Waals surface area contributed by atoms with Gasteiger partial charge in [-0.2, -0.15) is 5.10 Å². The summed E-state index contributed by atoms with van der Waals surface area (Å²) < 4.78 is 35.5. The minimum Gasteiger partial charge on any atom is -0.436 e. The molecule has 0 unspecified atom stereocenters. The third kappa shape index (κ3) is 5.85. The average molecular weight is 602 g/mol. The third-order valence-electron chi connectivity index (χ3n) is 7.03. The minimum atomic E-state index is -3.94. The summed E-state index contributed by atoms with van der Waals surface area (Å²) in [6.45, 7) is 3.79. The van der Waals surface area contributed by atoms with Gasteiger partial charge in [0.05, 0.1) is 28.2 Å². The summed E-state index contributed by atoms with van der Waals surface area (Å²) in [5.41, 5.74) is 2.50. The van der Waals surface area contributed by atoms with E-state index in [1.54, 1.807) is 48.8 Å². The molecule has 6 rings (SSSR count). The van der Waals surface area contributed by atoms with E-state index in [-0.39, 0.29) is 21.8 Å². The zero-order chi connectivity index (χ0) is 29.1. The van der Waals surface area contributed by atoms with Gasteiger partial charge >= 0.3 is 0 Å². The van der Waals surface area contributed by atoms with Gasteiger partial charge in [-0.05, 0) is 62.2 Å². The smallest absolute Gasteiger partial charge is 0.263 e. The lowest BCUT2D eigenvalue weighted by Crippen LogP contribution is -2.38. The van der Waals surface area contributed by atoms with Gasteiger partial charge in [-0.25, -0.2) is 18.4 Å². The van der Waals surface area contributed by atoms with Crippen molar-refractivity contribution in [2.75, 3.05) is 23.1 Å². The number of ether oxygens (including phenoxy) is 1. The van der Waals surface area contributed by atoms with Crippen LogP contribution in [0, 0.1) is 6.92 Å². The molecule has 12 heteroatoms. The highest BCUT2D eigenvalue weighted by Gasteiger charge is 2.21. The first-order chi connectivity index (χ1) is 20.4. The summed E-state index contributed by atoms with van der Waals surface area (Å²) in [7, 11) is -3.94. The van der Waals surface area contributed by atoms with Crippen LogP contribution in [0.5, 0.6) is 11.6 Å². The van der Waals surface area contributed by atoms with Crippen LogP contribution in [0.15, 0.2) is 84.0 Å². The molecule has 214 valence electrons. The van der Waals surface area contributed by atoms with Crippen LogP contribution in [-0.4, -0.2) is 47.7 Å². The van der Waals surface area contributed by atoms with Crippen molar-refractivity contribution in [2.45, 2.75) is 30.7 Å². The molecule has 0 radical (unpaired) electrons. The summed E-state index contributed by atoms with van der Waals surface area (Å²) in [6, 6.07) is 19.2. The molecule has 0 spiro atoms. The molecule has 0 saturated carbocycles. The van der Waals surface area contributed by atoms with Crippen molar-refractivity contribution < 1.29 is 13.2 Å². The lowest BCUT2D eigenvalue weighted by Gasteiger charge is -2.23. The molecule has 0 aliphatic carbocycles. The average Bonchev–Trinajstić information content (AvgIpc) is 2.99. The Bertz CT molecular complexity index is 1860. The van der Waals surface area contributed by atoms with Crippen molar-refractivity contribution >= 4 is 44.0 Å². The summed E-state index contributed by atoms with van der Waals surface area (Å²) in [5, 5.41) is 16.6. The number of halogens is 1. The standard InChI is InChI=1S/C30H28ClN7O3S/c1-19-11-12-21-22(7-4-9-26(21)38-42(39,40)27-10-3-2-8-24(27)31)28(19)41-29-23(13-17-34-37-29)25-14-16-33-30(36-25)35-20-6-5-15-32-18-20/h2-4,7-14,16-17,20,32,38H,5-6,15,18H2,1H3,(H,33,35,36)/t20-/m0/s1. The van der Waals surface area contributed by atoms with Crippen LogP contribution < -0.4 is 20.1 Å². The van der Waals surface area contributed by atoms with Gasteiger partial charge in [0, 0.05) is 29.6 Å². The molecule has 3 aromatic carbocycles. The van der Waals surface area contributed by atoms with Crippen molar-refractivity contribution in [2.24, 2.45) is 0 Å². The van der Waals surface area contributed by atoms with Crippen LogP contribution in [0.25, 0.3) is 22.0 Å². The van der Waals surface area contributed by atoms with E-state index < -0.39 is 10.0 Å². The molecule has 3 heterocycles. The second kappa shape index (κ2) is 11.9. The molecule has 42 heavy (non-hydrogen) atoms. The number of fused-ring (bicyclic) bond motifs is 1. The maximum absolute atomic E-state index is 13.2. The van der Waals surface area contributed by atoms with Crippen LogP contribution >= 0.6 is 11.6 Å². The second-order valence-electron chi connectivity index (χ2n) is 9.95. The van der Waals surface area contributed by atoms with E-state index in [1.165, 1.54) is 12.1 Å². The fourth-order valence-corrected chi connectivity index (χ4v) is 6.55. The van der Waals surface area contributed by atoms with Crippen LogP contribution in [-0.2, 0) is 10.0 Å². The number of hydrogen-bond acceptors (Lipinski definition) is 9. The summed E-state index contributed by atoms with van der Waals surface area (Å²) >= 11 is 6.19. The molecule has 0 bridgehead atoms. The van der Waals surface area contributed by atoms with E-state index in [9.17, 15) is 8.42 Å². The highest BCUT2D eigenvalue weighted by atomic mass is 35.5. The second-order valence-corrected chi connectivity index (χ2v) is 12.0. The number of rotatable bonds is 8. The SMILES string of the molecule is Cc1ccc2c(NS(=O)(=O)c3ccccc3Cl)cccc2c1Oc1nnccc1-c1ccnc(N[C@H]2CCCNC2)n1. The van der Waals surface area contributed by atoms with Gasteiger partial charge in [0.2, 0.25) is 11.8 Å². The number of nitrogens with zero attached hydrogens (tertiary/aromatic N) is 4. The van der Waals surface area contributed by atoms with Crippen LogP contribution in [0.4, 0.5) is 11.6 Å². The molecule has 3 N–H and O–H groups in total. The maximum Gasteiger partial charge on any atom is 0.263 e. The number of hydrogen-bond donors (Lipinski definition) is 3. The summed E-state index contributed by atoms with van der Waals surface area (Å²) in [5.74, 6) is 1.31. The summed E-state index contributed by atoms with van der Waals surface area (Å²) in [4.78, 5) is 9.13. The van der Waals surface area contributed by atoms with E-state index in [1.807, 2.05) is 25.1 Å². The highest BCUT2D eigenvalue weighted by molar-refractivity contribution is 7.92. The fourth-order valence-electron chi connectivity index (χ4n) is 4.95. The number of benzene rings is 3. The molecule has 1 fully saturated rings. The van der Waals surface area contributed by atoms with Crippen LogP contribution in [0.1, 0.15) is 18.4 Å². The van der Waals surface area contributed by atoms with Gasteiger partial charge in [0.1, 0.15) is 10.6 Å². The number of aryl methyl sites for hydroxylation is 1. The van der Waals surface area contributed by atoms with Crippen LogP contribution in [0.3, 0.4) is 0 Å². The molecule has 0 amide bonds. The first-order valence-electron chi connectivity index (χ1n) is 13.5. The quantitative estimate of drug-likeness (QED) is 0.202. The Kier molecular flexibility index (Phi) is 7.88. The van der Waals surface area contributed by atoms with Gasteiger partial charge < -0.3 is 15.4 Å². The van der Waals surface area contributed by atoms with Gasteiger partial charge in [0.25, 0.3) is 10.0 Å². The van der Waals surface area contributed by atoms with Gasteiger partial charge in [-0.15, -0.1) is 5.10 Å². The normalized spacial score (nSPS) is 15.3. The largest absolute Gasteiger partial charge is 0.436 e. The summed E-state index contributed by atoms with van der Waals surface area (Å²) in [6.07, 6.45) is 5.42. The van der Waals surface area contributed by atoms with E-state index in [4.69, 9.17) is 21.3 Å². The Morgan fingerprint density at radius 3 is 2.71 bits per heavy atom. The lowest BCUT2D eigenvalue weighted by atomic mass is 10.0. The minimum absolute atomic E-state index is 0.00471. The van der Waals surface area contributed by atoms with Crippen molar-refractivity contribution in [1.82, 2.24) is 25.5 Å². The molecule has 1 aliphatic rings. The van der Waals surface area contributed by atoms with Crippen molar-refractivity contribution in [3.8, 4) is 22.9 Å². The van der Waals surface area contributed by atoms with E-state index in [0.717, 1.165) is 31.5 Å². The number of anilines is 2. The number of piperidine rings is 1. The predicted octanol–water partition coefficient (Wildman–Crippen LogP) is 5.81. The van der Waals surface area contributed by atoms with E-state index >= 15 is 0 Å². The molecule has 2 aromatic heterocycles. The molecule has 10 nitrogen and oxygen atoms in total. The monoisotopic (exact) mass is 601 g/mol. The van der Waals surface area contributed by atoms with Gasteiger partial charge in [-0.3, -0.25) is 4.72 Å².